The molecular formula is C20H30N2O3. The third-order valence-electron chi connectivity index (χ3n) is 5.70. The van der Waals surface area contributed by atoms with Gasteiger partial charge in [0.05, 0.1) is 6.10 Å². The smallest absolute Gasteiger partial charge is 0.254 e. The highest BCUT2D eigenvalue weighted by atomic mass is 16.5. The Morgan fingerprint density at radius 2 is 1.92 bits per heavy atom. The molecule has 0 spiro atoms. The van der Waals surface area contributed by atoms with Gasteiger partial charge in [-0.15, -0.1) is 0 Å². The number of benzene rings is 1. The van der Waals surface area contributed by atoms with Crippen LogP contribution in [0.5, 0.6) is 0 Å². The molecule has 0 radical (unpaired) electrons. The molecule has 5 nitrogen and oxygen atoms in total. The van der Waals surface area contributed by atoms with E-state index in [0.29, 0.717) is 32.0 Å². The molecule has 0 atom stereocenters. The van der Waals surface area contributed by atoms with E-state index in [-0.39, 0.29) is 5.91 Å². The summed E-state index contributed by atoms with van der Waals surface area (Å²) in [4.78, 5) is 16.7. The van der Waals surface area contributed by atoms with Crippen molar-refractivity contribution in [2.75, 3.05) is 31.6 Å². The fraction of sp³-hybridized carbons (Fsp3) is 0.650. The van der Waals surface area contributed by atoms with Crippen molar-refractivity contribution >= 4 is 11.6 Å². The van der Waals surface area contributed by atoms with E-state index in [2.05, 4.69) is 29.2 Å². The minimum absolute atomic E-state index is 0.119. The van der Waals surface area contributed by atoms with Crippen molar-refractivity contribution < 1.29 is 14.6 Å². The van der Waals surface area contributed by atoms with Crippen LogP contribution in [-0.2, 0) is 16.1 Å². The number of nitrogens with zero attached hydrogens (tertiary/aromatic N) is 2. The summed E-state index contributed by atoms with van der Waals surface area (Å²) < 4.78 is 5.43. The molecule has 0 unspecified atom stereocenters. The van der Waals surface area contributed by atoms with E-state index in [9.17, 15) is 9.90 Å². The summed E-state index contributed by atoms with van der Waals surface area (Å²) in [6.45, 7) is 5.18. The molecular weight excluding hydrogens is 316 g/mol. The second-order valence-electron chi connectivity index (χ2n) is 7.29. The van der Waals surface area contributed by atoms with Gasteiger partial charge < -0.3 is 19.6 Å². The minimum atomic E-state index is -1.11. The molecule has 1 aliphatic carbocycles. The van der Waals surface area contributed by atoms with Crippen LogP contribution in [-0.4, -0.2) is 54.4 Å². The van der Waals surface area contributed by atoms with Gasteiger partial charge in [-0.3, -0.25) is 4.79 Å². The molecule has 1 saturated heterocycles. The Kier molecular flexibility index (Phi) is 5.64. The van der Waals surface area contributed by atoms with Crippen molar-refractivity contribution in [2.24, 2.45) is 0 Å². The van der Waals surface area contributed by atoms with Crippen molar-refractivity contribution in [1.29, 1.82) is 0 Å². The van der Waals surface area contributed by atoms with Gasteiger partial charge in [0.2, 0.25) is 0 Å². The zero-order valence-corrected chi connectivity index (χ0v) is 15.4. The maximum absolute atomic E-state index is 12.5. The van der Waals surface area contributed by atoms with Gasteiger partial charge in [-0.25, -0.2) is 0 Å². The number of likely N-dealkylation sites (N-methyl/N-ethyl adjacent to an activating group) is 1. The number of hydrogen-bond donors (Lipinski definition) is 1. The number of rotatable bonds is 6. The Bertz CT molecular complexity index is 575. The highest BCUT2D eigenvalue weighted by molar-refractivity contribution is 5.85. The summed E-state index contributed by atoms with van der Waals surface area (Å²) in [6.07, 6.45) is 4.65. The third-order valence-corrected chi connectivity index (χ3v) is 5.70. The molecule has 0 bridgehead atoms. The van der Waals surface area contributed by atoms with Gasteiger partial charge in [-0.2, -0.15) is 0 Å². The molecule has 1 heterocycles. The molecule has 1 N–H and O–H groups in total. The Balaban J connectivity index is 1.59. The summed E-state index contributed by atoms with van der Waals surface area (Å²) >= 11 is 0. The standard InChI is InChI=1S/C20H30N2O3/c1-3-21(19(23)20(24)11-4-12-20)15-16-5-7-17(8-6-16)22-13-9-18(25-2)10-14-22/h5-8,18,24H,3-4,9-15H2,1-2H3. The predicted molar refractivity (Wildman–Crippen MR) is 98.6 cm³/mol. The molecule has 5 heteroatoms. The van der Waals surface area contributed by atoms with Gasteiger partial charge in [0.1, 0.15) is 5.60 Å². The topological polar surface area (TPSA) is 53.0 Å². The lowest BCUT2D eigenvalue weighted by Crippen LogP contribution is -2.52. The summed E-state index contributed by atoms with van der Waals surface area (Å²) in [5.74, 6) is -0.119. The molecule has 138 valence electrons. The molecule has 1 saturated carbocycles. The van der Waals surface area contributed by atoms with Crippen LogP contribution in [0.3, 0.4) is 0 Å². The summed E-state index contributed by atoms with van der Waals surface area (Å²) in [5, 5.41) is 10.3. The third kappa shape index (κ3) is 3.98. The lowest BCUT2D eigenvalue weighted by molar-refractivity contribution is -0.160. The highest BCUT2D eigenvalue weighted by Gasteiger charge is 2.44. The quantitative estimate of drug-likeness (QED) is 0.860. The monoisotopic (exact) mass is 346 g/mol. The molecule has 1 aromatic rings. The second-order valence-corrected chi connectivity index (χ2v) is 7.29. The number of aliphatic hydroxyl groups is 1. The van der Waals surface area contributed by atoms with Crippen LogP contribution in [0.25, 0.3) is 0 Å². The zero-order chi connectivity index (χ0) is 17.9. The summed E-state index contributed by atoms with van der Waals surface area (Å²) in [7, 11) is 1.79. The van der Waals surface area contributed by atoms with E-state index in [0.717, 1.165) is 37.9 Å². The highest BCUT2D eigenvalue weighted by Crippen LogP contribution is 2.33. The van der Waals surface area contributed by atoms with Crippen LogP contribution in [0.2, 0.25) is 0 Å². The first kappa shape index (κ1) is 18.2. The molecule has 3 rings (SSSR count). The number of anilines is 1. The van der Waals surface area contributed by atoms with Crippen LogP contribution in [0.1, 0.15) is 44.6 Å². The molecule has 2 aliphatic rings. The van der Waals surface area contributed by atoms with Gasteiger partial charge in [0.25, 0.3) is 5.91 Å². The lowest BCUT2D eigenvalue weighted by Gasteiger charge is -2.39. The second kappa shape index (κ2) is 7.75. The van der Waals surface area contributed by atoms with Crippen LogP contribution in [0.4, 0.5) is 5.69 Å². The first-order valence-electron chi connectivity index (χ1n) is 9.44. The van der Waals surface area contributed by atoms with Crippen LogP contribution in [0.15, 0.2) is 24.3 Å². The van der Waals surface area contributed by atoms with E-state index in [1.807, 2.05) is 6.92 Å². The maximum atomic E-state index is 12.5. The number of carbonyl (C=O) groups excluding carboxylic acids is 1. The molecule has 1 amide bonds. The average Bonchev–Trinajstić information content (AvgIpc) is 2.64. The molecule has 2 fully saturated rings. The van der Waals surface area contributed by atoms with E-state index in [4.69, 9.17) is 4.74 Å². The Labute approximate surface area is 150 Å². The van der Waals surface area contributed by atoms with Gasteiger partial charge in [0, 0.05) is 39.0 Å². The van der Waals surface area contributed by atoms with Crippen molar-refractivity contribution in [1.82, 2.24) is 4.90 Å². The Hall–Kier alpha value is -1.59. The van der Waals surface area contributed by atoms with Crippen molar-refractivity contribution in [3.8, 4) is 0 Å². The molecule has 0 aromatic heterocycles. The van der Waals surface area contributed by atoms with Gasteiger partial charge in [0.15, 0.2) is 0 Å². The van der Waals surface area contributed by atoms with Crippen molar-refractivity contribution in [2.45, 2.75) is 57.3 Å². The van der Waals surface area contributed by atoms with E-state index in [1.165, 1.54) is 5.69 Å². The Morgan fingerprint density at radius 1 is 1.28 bits per heavy atom. The lowest BCUT2D eigenvalue weighted by atomic mass is 9.79. The van der Waals surface area contributed by atoms with E-state index < -0.39 is 5.60 Å². The van der Waals surface area contributed by atoms with Gasteiger partial charge in [-0.05, 0) is 56.7 Å². The molecule has 1 aliphatic heterocycles. The molecule has 1 aromatic carbocycles. The Morgan fingerprint density at radius 3 is 2.40 bits per heavy atom. The first-order chi connectivity index (χ1) is 12.1. The van der Waals surface area contributed by atoms with E-state index >= 15 is 0 Å². The van der Waals surface area contributed by atoms with Crippen molar-refractivity contribution in [3.63, 3.8) is 0 Å². The van der Waals surface area contributed by atoms with Gasteiger partial charge >= 0.3 is 0 Å². The maximum Gasteiger partial charge on any atom is 0.254 e. The number of hydrogen-bond acceptors (Lipinski definition) is 4. The van der Waals surface area contributed by atoms with Gasteiger partial charge in [-0.1, -0.05) is 12.1 Å². The minimum Gasteiger partial charge on any atom is -0.381 e. The predicted octanol–water partition coefficient (Wildman–Crippen LogP) is 2.57. The fourth-order valence-corrected chi connectivity index (χ4v) is 3.73. The summed E-state index contributed by atoms with van der Waals surface area (Å²) in [5.41, 5.74) is 1.22. The molecule has 25 heavy (non-hydrogen) atoms. The largest absolute Gasteiger partial charge is 0.381 e. The zero-order valence-electron chi connectivity index (χ0n) is 15.4. The first-order valence-corrected chi connectivity index (χ1v) is 9.44. The van der Waals surface area contributed by atoms with Crippen LogP contribution in [0, 0.1) is 0 Å². The number of ether oxygens (including phenoxy) is 1. The van der Waals surface area contributed by atoms with Crippen molar-refractivity contribution in [3.05, 3.63) is 29.8 Å². The summed E-state index contributed by atoms with van der Waals surface area (Å²) in [6, 6.07) is 8.47. The average molecular weight is 346 g/mol. The number of amides is 1. The SMILES string of the molecule is CCN(Cc1ccc(N2CCC(OC)CC2)cc1)C(=O)C1(O)CCC1. The normalized spacial score (nSPS) is 20.2. The number of carbonyl (C=O) groups is 1. The van der Waals surface area contributed by atoms with E-state index in [1.54, 1.807) is 12.0 Å². The van der Waals surface area contributed by atoms with Crippen LogP contribution >= 0.6 is 0 Å². The number of methoxy groups -OCH3 is 1. The fourth-order valence-electron chi connectivity index (χ4n) is 3.73. The van der Waals surface area contributed by atoms with Crippen LogP contribution < -0.4 is 4.90 Å². The number of piperidine rings is 1.